The quantitative estimate of drug-likeness (QED) is 0.318. The third-order valence-electron chi connectivity index (χ3n) is 3.97. The lowest BCUT2D eigenvalue weighted by atomic mass is 10.1. The first-order valence-corrected chi connectivity index (χ1v) is 9.02. The van der Waals surface area contributed by atoms with Crippen molar-refractivity contribution in [1.29, 1.82) is 0 Å². The van der Waals surface area contributed by atoms with Crippen molar-refractivity contribution in [3.8, 4) is 5.75 Å². The lowest BCUT2D eigenvalue weighted by molar-refractivity contribution is 0.102. The third-order valence-corrected chi connectivity index (χ3v) is 4.88. The molecular weight excluding hydrogens is 356 g/mol. The SMILES string of the molecule is Cc1ccc(C(=O)Nc2c(O)ccc3c(S(=O)(=O)O)cccc23)c(N)c1. The number of carbonyl (C=O) groups excluding carboxylic acids is 1. The van der Waals surface area contributed by atoms with Gasteiger partial charge in [0.1, 0.15) is 10.6 Å². The zero-order chi connectivity index (χ0) is 19.1. The van der Waals surface area contributed by atoms with Gasteiger partial charge in [0, 0.05) is 16.5 Å². The minimum absolute atomic E-state index is 0.0259. The van der Waals surface area contributed by atoms with Crippen LogP contribution in [0.5, 0.6) is 5.75 Å². The Kier molecular flexibility index (Phi) is 4.31. The molecule has 0 aliphatic heterocycles. The van der Waals surface area contributed by atoms with E-state index in [-0.39, 0.29) is 38.4 Å². The molecule has 5 N–H and O–H groups in total. The molecule has 0 bridgehead atoms. The third kappa shape index (κ3) is 3.19. The largest absolute Gasteiger partial charge is 0.506 e. The van der Waals surface area contributed by atoms with E-state index in [9.17, 15) is 22.9 Å². The van der Waals surface area contributed by atoms with Gasteiger partial charge in [-0.25, -0.2) is 0 Å². The predicted octanol–water partition coefficient (Wildman–Crippen LogP) is 2.94. The highest BCUT2D eigenvalue weighted by Crippen LogP contribution is 2.35. The van der Waals surface area contributed by atoms with Crippen molar-refractivity contribution < 1.29 is 22.9 Å². The van der Waals surface area contributed by atoms with Crippen LogP contribution < -0.4 is 11.1 Å². The van der Waals surface area contributed by atoms with E-state index in [0.29, 0.717) is 0 Å². The lowest BCUT2D eigenvalue weighted by Gasteiger charge is -2.13. The maximum atomic E-state index is 12.6. The molecule has 7 nitrogen and oxygen atoms in total. The van der Waals surface area contributed by atoms with E-state index < -0.39 is 16.0 Å². The Hall–Kier alpha value is -3.10. The summed E-state index contributed by atoms with van der Waals surface area (Å²) in [5, 5.41) is 13.1. The highest BCUT2D eigenvalue weighted by molar-refractivity contribution is 7.86. The molecule has 3 aromatic rings. The van der Waals surface area contributed by atoms with E-state index in [0.717, 1.165) is 5.56 Å². The van der Waals surface area contributed by atoms with Crippen molar-refractivity contribution in [1.82, 2.24) is 0 Å². The van der Waals surface area contributed by atoms with E-state index in [1.807, 2.05) is 6.92 Å². The highest BCUT2D eigenvalue weighted by atomic mass is 32.2. The molecule has 0 atom stereocenters. The summed E-state index contributed by atoms with van der Waals surface area (Å²) in [5.74, 6) is -0.799. The number of hydrogen-bond acceptors (Lipinski definition) is 5. The molecule has 3 rings (SSSR count). The first kappa shape index (κ1) is 17.7. The summed E-state index contributed by atoms with van der Waals surface area (Å²) < 4.78 is 32.5. The molecule has 0 saturated carbocycles. The number of aryl methyl sites for hydroxylation is 1. The van der Waals surface area contributed by atoms with Gasteiger partial charge in [-0.05, 0) is 42.8 Å². The number of aromatic hydroxyl groups is 1. The van der Waals surface area contributed by atoms with Gasteiger partial charge in [0.05, 0.1) is 11.3 Å². The molecule has 1 amide bonds. The van der Waals surface area contributed by atoms with Crippen LogP contribution in [0.1, 0.15) is 15.9 Å². The van der Waals surface area contributed by atoms with Gasteiger partial charge >= 0.3 is 0 Å². The van der Waals surface area contributed by atoms with Gasteiger partial charge in [0.15, 0.2) is 0 Å². The Labute approximate surface area is 149 Å². The van der Waals surface area contributed by atoms with Gasteiger partial charge in [0.2, 0.25) is 0 Å². The van der Waals surface area contributed by atoms with Gasteiger partial charge in [-0.15, -0.1) is 0 Å². The number of fused-ring (bicyclic) bond motifs is 1. The molecule has 0 heterocycles. The molecule has 0 spiro atoms. The van der Waals surface area contributed by atoms with Crippen molar-refractivity contribution in [2.75, 3.05) is 11.1 Å². The average molecular weight is 372 g/mol. The summed E-state index contributed by atoms with van der Waals surface area (Å²) in [6.45, 7) is 1.84. The summed E-state index contributed by atoms with van der Waals surface area (Å²) in [7, 11) is -4.47. The minimum Gasteiger partial charge on any atom is -0.506 e. The van der Waals surface area contributed by atoms with Crippen LogP contribution in [-0.2, 0) is 10.1 Å². The Morgan fingerprint density at radius 2 is 1.81 bits per heavy atom. The number of amides is 1. The fourth-order valence-electron chi connectivity index (χ4n) is 2.74. The van der Waals surface area contributed by atoms with Crippen LogP contribution in [0.15, 0.2) is 53.4 Å². The molecule has 0 unspecified atom stereocenters. The van der Waals surface area contributed by atoms with Crippen molar-refractivity contribution in [3.05, 3.63) is 59.7 Å². The fraction of sp³-hybridized carbons (Fsp3) is 0.0556. The van der Waals surface area contributed by atoms with Gasteiger partial charge in [-0.2, -0.15) is 8.42 Å². The van der Waals surface area contributed by atoms with E-state index >= 15 is 0 Å². The van der Waals surface area contributed by atoms with Gasteiger partial charge in [-0.3, -0.25) is 9.35 Å². The van der Waals surface area contributed by atoms with E-state index in [1.54, 1.807) is 18.2 Å². The first-order chi connectivity index (χ1) is 12.2. The summed E-state index contributed by atoms with van der Waals surface area (Å²) in [6, 6.07) is 11.7. The van der Waals surface area contributed by atoms with Crippen molar-refractivity contribution in [2.24, 2.45) is 0 Å². The van der Waals surface area contributed by atoms with E-state index in [4.69, 9.17) is 5.73 Å². The number of rotatable bonds is 3. The Morgan fingerprint density at radius 3 is 2.46 bits per heavy atom. The summed E-state index contributed by atoms with van der Waals surface area (Å²) >= 11 is 0. The smallest absolute Gasteiger partial charge is 0.295 e. The topological polar surface area (TPSA) is 130 Å². The molecule has 0 radical (unpaired) electrons. The standard InChI is InChI=1S/C18H16N2O5S/c1-10-5-6-13(14(19)9-10)18(22)20-17-12-3-2-4-16(26(23,24)25)11(12)7-8-15(17)21/h2-9,21H,19H2,1H3,(H,20,22)(H,23,24,25). The van der Waals surface area contributed by atoms with Crippen molar-refractivity contribution >= 4 is 38.2 Å². The molecule has 3 aromatic carbocycles. The molecule has 0 aliphatic carbocycles. The van der Waals surface area contributed by atoms with Crippen molar-refractivity contribution in [2.45, 2.75) is 11.8 Å². The molecule has 8 heteroatoms. The van der Waals surface area contributed by atoms with Crippen LogP contribution in [0, 0.1) is 6.92 Å². The molecule has 134 valence electrons. The van der Waals surface area contributed by atoms with E-state index in [2.05, 4.69) is 5.32 Å². The summed E-state index contributed by atoms with van der Waals surface area (Å²) in [5.41, 5.74) is 7.29. The number of nitrogens with one attached hydrogen (secondary N) is 1. The van der Waals surface area contributed by atoms with Crippen LogP contribution >= 0.6 is 0 Å². The Bertz CT molecular complexity index is 1140. The van der Waals surface area contributed by atoms with Crippen LogP contribution in [-0.4, -0.2) is 24.0 Å². The highest BCUT2D eigenvalue weighted by Gasteiger charge is 2.19. The second kappa shape index (κ2) is 6.32. The van der Waals surface area contributed by atoms with Crippen LogP contribution in [0.4, 0.5) is 11.4 Å². The Balaban J connectivity index is 2.13. The van der Waals surface area contributed by atoms with Crippen LogP contribution in [0.25, 0.3) is 10.8 Å². The zero-order valence-electron chi connectivity index (χ0n) is 13.7. The fourth-order valence-corrected chi connectivity index (χ4v) is 3.45. The van der Waals surface area contributed by atoms with Crippen LogP contribution in [0.3, 0.4) is 0 Å². The molecule has 0 fully saturated rings. The number of carbonyl (C=O) groups is 1. The number of anilines is 2. The number of nitrogen functional groups attached to an aromatic ring is 1. The normalized spacial score (nSPS) is 11.5. The molecule has 0 saturated heterocycles. The van der Waals surface area contributed by atoms with Crippen molar-refractivity contribution in [3.63, 3.8) is 0 Å². The van der Waals surface area contributed by atoms with Gasteiger partial charge in [0.25, 0.3) is 16.0 Å². The molecule has 0 aromatic heterocycles. The second-order valence-corrected chi connectivity index (χ2v) is 7.22. The first-order valence-electron chi connectivity index (χ1n) is 7.58. The summed E-state index contributed by atoms with van der Waals surface area (Å²) in [6.07, 6.45) is 0. The molecular formula is C18H16N2O5S. The monoisotopic (exact) mass is 372 g/mol. The summed E-state index contributed by atoms with van der Waals surface area (Å²) in [4.78, 5) is 12.2. The van der Waals surface area contributed by atoms with Gasteiger partial charge in [-0.1, -0.05) is 18.2 Å². The lowest BCUT2D eigenvalue weighted by Crippen LogP contribution is -2.14. The minimum atomic E-state index is -4.47. The maximum Gasteiger partial charge on any atom is 0.295 e. The zero-order valence-corrected chi connectivity index (χ0v) is 14.5. The predicted molar refractivity (Wildman–Crippen MR) is 99.0 cm³/mol. The van der Waals surface area contributed by atoms with Gasteiger partial charge < -0.3 is 16.2 Å². The number of nitrogens with two attached hydrogens (primary N) is 1. The number of phenols is 1. The average Bonchev–Trinajstić information content (AvgIpc) is 2.55. The maximum absolute atomic E-state index is 12.6. The molecule has 26 heavy (non-hydrogen) atoms. The van der Waals surface area contributed by atoms with Crippen LogP contribution in [0.2, 0.25) is 0 Å². The van der Waals surface area contributed by atoms with E-state index in [1.165, 1.54) is 30.3 Å². The number of phenolic OH excluding ortho intramolecular Hbond substituents is 1. The molecule has 0 aliphatic rings. The Morgan fingerprint density at radius 1 is 1.08 bits per heavy atom. The number of benzene rings is 3. The number of hydrogen-bond donors (Lipinski definition) is 4. The second-order valence-electron chi connectivity index (χ2n) is 5.83.